The SMILES string of the molecule is CCN1CCC(CCNC(=NC)N(C)CC2CCOC2)CC1. The molecule has 2 rings (SSSR count). The van der Waals surface area contributed by atoms with Crippen molar-refractivity contribution >= 4 is 5.96 Å². The van der Waals surface area contributed by atoms with Crippen LogP contribution in [0.5, 0.6) is 0 Å². The van der Waals surface area contributed by atoms with Gasteiger partial charge in [-0.15, -0.1) is 0 Å². The molecule has 2 fully saturated rings. The summed E-state index contributed by atoms with van der Waals surface area (Å²) in [5.41, 5.74) is 0. The summed E-state index contributed by atoms with van der Waals surface area (Å²) in [5, 5.41) is 3.54. The molecule has 0 aliphatic carbocycles. The van der Waals surface area contributed by atoms with Crippen molar-refractivity contribution in [3.05, 3.63) is 0 Å². The predicted molar refractivity (Wildman–Crippen MR) is 92.4 cm³/mol. The average molecular weight is 310 g/mol. The Kier molecular flexibility index (Phi) is 7.46. The van der Waals surface area contributed by atoms with Crippen molar-refractivity contribution in [3.8, 4) is 0 Å². The number of nitrogens with one attached hydrogen (secondary N) is 1. The molecule has 2 saturated heterocycles. The normalized spacial score (nSPS) is 24.7. The first-order valence-corrected chi connectivity index (χ1v) is 8.94. The fourth-order valence-electron chi connectivity index (χ4n) is 3.57. The fraction of sp³-hybridized carbons (Fsp3) is 0.941. The first-order valence-electron chi connectivity index (χ1n) is 8.94. The molecule has 128 valence electrons. The van der Waals surface area contributed by atoms with Gasteiger partial charge in [0.25, 0.3) is 0 Å². The molecule has 2 heterocycles. The van der Waals surface area contributed by atoms with E-state index in [9.17, 15) is 0 Å². The highest BCUT2D eigenvalue weighted by molar-refractivity contribution is 5.79. The van der Waals surface area contributed by atoms with E-state index < -0.39 is 0 Å². The van der Waals surface area contributed by atoms with E-state index in [2.05, 4.69) is 34.1 Å². The smallest absolute Gasteiger partial charge is 0.193 e. The number of rotatable bonds is 6. The molecule has 5 nitrogen and oxygen atoms in total. The summed E-state index contributed by atoms with van der Waals surface area (Å²) in [6, 6.07) is 0. The number of likely N-dealkylation sites (tertiary alicyclic amines) is 1. The molecule has 0 aromatic carbocycles. The second kappa shape index (κ2) is 9.36. The van der Waals surface area contributed by atoms with Gasteiger partial charge >= 0.3 is 0 Å². The van der Waals surface area contributed by atoms with E-state index in [0.29, 0.717) is 5.92 Å². The van der Waals surface area contributed by atoms with Gasteiger partial charge in [0.05, 0.1) is 6.61 Å². The van der Waals surface area contributed by atoms with Gasteiger partial charge in [-0.25, -0.2) is 0 Å². The lowest BCUT2D eigenvalue weighted by atomic mass is 9.93. The van der Waals surface area contributed by atoms with Gasteiger partial charge in [0.1, 0.15) is 0 Å². The number of nitrogens with zero attached hydrogens (tertiary/aromatic N) is 3. The highest BCUT2D eigenvalue weighted by Crippen LogP contribution is 2.19. The van der Waals surface area contributed by atoms with Gasteiger partial charge in [0, 0.05) is 39.7 Å². The fourth-order valence-corrected chi connectivity index (χ4v) is 3.57. The lowest BCUT2D eigenvalue weighted by Crippen LogP contribution is -2.42. The van der Waals surface area contributed by atoms with Crippen molar-refractivity contribution in [2.75, 3.05) is 60.0 Å². The molecule has 0 radical (unpaired) electrons. The van der Waals surface area contributed by atoms with Gasteiger partial charge in [-0.2, -0.15) is 0 Å². The van der Waals surface area contributed by atoms with Crippen molar-refractivity contribution in [1.82, 2.24) is 15.1 Å². The van der Waals surface area contributed by atoms with Gasteiger partial charge in [-0.05, 0) is 51.2 Å². The van der Waals surface area contributed by atoms with E-state index in [1.54, 1.807) is 0 Å². The Labute approximate surface area is 136 Å². The number of guanidine groups is 1. The quantitative estimate of drug-likeness (QED) is 0.598. The van der Waals surface area contributed by atoms with Crippen LogP contribution in [0, 0.1) is 11.8 Å². The Hall–Kier alpha value is -0.810. The molecule has 22 heavy (non-hydrogen) atoms. The molecule has 0 bridgehead atoms. The maximum atomic E-state index is 5.46. The Bertz CT molecular complexity index is 334. The van der Waals surface area contributed by atoms with Crippen LogP contribution >= 0.6 is 0 Å². The molecular weight excluding hydrogens is 276 g/mol. The monoisotopic (exact) mass is 310 g/mol. The van der Waals surface area contributed by atoms with Crippen molar-refractivity contribution in [2.45, 2.75) is 32.6 Å². The largest absolute Gasteiger partial charge is 0.381 e. The van der Waals surface area contributed by atoms with Crippen molar-refractivity contribution in [2.24, 2.45) is 16.8 Å². The summed E-state index contributed by atoms with van der Waals surface area (Å²) in [6.07, 6.45) is 5.14. The van der Waals surface area contributed by atoms with Crippen molar-refractivity contribution in [1.29, 1.82) is 0 Å². The molecule has 0 amide bonds. The highest BCUT2D eigenvalue weighted by atomic mass is 16.5. The molecular formula is C17H34N4O. The van der Waals surface area contributed by atoms with E-state index in [4.69, 9.17) is 4.74 Å². The Morgan fingerprint density at radius 2 is 2.05 bits per heavy atom. The zero-order valence-corrected chi connectivity index (χ0v) is 14.7. The van der Waals surface area contributed by atoms with E-state index in [1.165, 1.54) is 45.3 Å². The Morgan fingerprint density at radius 1 is 1.27 bits per heavy atom. The number of piperidine rings is 1. The third-order valence-electron chi connectivity index (χ3n) is 5.12. The standard InChI is InChI=1S/C17H34N4O/c1-4-21-10-6-15(7-11-21)5-9-19-17(18-2)20(3)13-16-8-12-22-14-16/h15-16H,4-14H2,1-3H3,(H,18,19). The van der Waals surface area contributed by atoms with Crippen LogP contribution in [-0.2, 0) is 4.74 Å². The van der Waals surface area contributed by atoms with Crippen LogP contribution in [0.15, 0.2) is 4.99 Å². The summed E-state index contributed by atoms with van der Waals surface area (Å²) < 4.78 is 5.46. The Morgan fingerprint density at radius 3 is 2.64 bits per heavy atom. The molecule has 1 atom stereocenters. The van der Waals surface area contributed by atoms with E-state index in [1.807, 2.05) is 7.05 Å². The number of hydrogen-bond acceptors (Lipinski definition) is 3. The lowest BCUT2D eigenvalue weighted by molar-refractivity contribution is 0.180. The van der Waals surface area contributed by atoms with E-state index in [0.717, 1.165) is 38.2 Å². The maximum absolute atomic E-state index is 5.46. The van der Waals surface area contributed by atoms with Crippen LogP contribution in [0.1, 0.15) is 32.6 Å². The topological polar surface area (TPSA) is 40.1 Å². The molecule has 2 aliphatic heterocycles. The molecule has 2 aliphatic rings. The van der Waals surface area contributed by atoms with Gasteiger partial charge in [-0.3, -0.25) is 4.99 Å². The molecule has 1 unspecified atom stereocenters. The van der Waals surface area contributed by atoms with Crippen LogP contribution < -0.4 is 5.32 Å². The molecule has 0 saturated carbocycles. The minimum atomic E-state index is 0.655. The molecule has 0 aromatic rings. The van der Waals surface area contributed by atoms with Crippen LogP contribution in [-0.4, -0.2) is 75.8 Å². The van der Waals surface area contributed by atoms with Crippen LogP contribution in [0.4, 0.5) is 0 Å². The third kappa shape index (κ3) is 5.43. The van der Waals surface area contributed by atoms with Crippen molar-refractivity contribution < 1.29 is 4.74 Å². The third-order valence-corrected chi connectivity index (χ3v) is 5.12. The second-order valence-electron chi connectivity index (χ2n) is 6.75. The first-order chi connectivity index (χ1) is 10.7. The summed E-state index contributed by atoms with van der Waals surface area (Å²) in [5.74, 6) is 2.56. The zero-order valence-electron chi connectivity index (χ0n) is 14.7. The van der Waals surface area contributed by atoms with E-state index >= 15 is 0 Å². The number of aliphatic imine (C=N–C) groups is 1. The average Bonchev–Trinajstić information content (AvgIpc) is 3.05. The van der Waals surface area contributed by atoms with Gasteiger partial charge in [0.2, 0.25) is 0 Å². The van der Waals surface area contributed by atoms with Gasteiger partial charge in [0.15, 0.2) is 5.96 Å². The number of ether oxygens (including phenoxy) is 1. The summed E-state index contributed by atoms with van der Waals surface area (Å²) in [7, 11) is 4.01. The first kappa shape index (κ1) is 17.5. The zero-order chi connectivity index (χ0) is 15.8. The molecule has 0 aromatic heterocycles. The van der Waals surface area contributed by atoms with Crippen LogP contribution in [0.3, 0.4) is 0 Å². The second-order valence-corrected chi connectivity index (χ2v) is 6.75. The van der Waals surface area contributed by atoms with Crippen LogP contribution in [0.25, 0.3) is 0 Å². The molecule has 1 N–H and O–H groups in total. The minimum Gasteiger partial charge on any atom is -0.381 e. The van der Waals surface area contributed by atoms with Gasteiger partial charge in [-0.1, -0.05) is 6.92 Å². The highest BCUT2D eigenvalue weighted by Gasteiger charge is 2.20. The summed E-state index contributed by atoms with van der Waals surface area (Å²) in [4.78, 5) is 9.23. The summed E-state index contributed by atoms with van der Waals surface area (Å²) in [6.45, 7) is 9.90. The Balaban J connectivity index is 1.63. The molecule has 5 heteroatoms. The molecule has 0 spiro atoms. The summed E-state index contributed by atoms with van der Waals surface area (Å²) >= 11 is 0. The minimum absolute atomic E-state index is 0.655. The predicted octanol–water partition coefficient (Wildman–Crippen LogP) is 1.65. The number of hydrogen-bond donors (Lipinski definition) is 1. The van der Waals surface area contributed by atoms with E-state index in [-0.39, 0.29) is 0 Å². The van der Waals surface area contributed by atoms with Crippen molar-refractivity contribution in [3.63, 3.8) is 0 Å². The lowest BCUT2D eigenvalue weighted by Gasteiger charge is -2.31. The van der Waals surface area contributed by atoms with Gasteiger partial charge < -0.3 is 19.9 Å². The maximum Gasteiger partial charge on any atom is 0.193 e. The van der Waals surface area contributed by atoms with Crippen LogP contribution in [0.2, 0.25) is 0 Å².